The Morgan fingerprint density at radius 3 is 2.24 bits per heavy atom. The normalized spacial score (nSPS) is 11.1. The fourth-order valence-electron chi connectivity index (χ4n) is 2.76. The van der Waals surface area contributed by atoms with E-state index in [4.69, 9.17) is 23.4 Å². The molecule has 0 fully saturated rings. The Kier molecular flexibility index (Phi) is 7.31. The van der Waals surface area contributed by atoms with Crippen LogP contribution in [0.5, 0.6) is 0 Å². The van der Waals surface area contributed by atoms with Crippen molar-refractivity contribution in [2.24, 2.45) is 5.73 Å². The highest BCUT2D eigenvalue weighted by Gasteiger charge is 2.19. The first-order valence-corrected chi connectivity index (χ1v) is 11.2. The van der Waals surface area contributed by atoms with Crippen LogP contribution in [0.15, 0.2) is 65.6 Å². The van der Waals surface area contributed by atoms with Crippen molar-refractivity contribution in [3.8, 4) is 0 Å². The Balaban J connectivity index is 1.64. The third kappa shape index (κ3) is 6.06. The van der Waals surface area contributed by atoms with Gasteiger partial charge >= 0.3 is 0 Å². The molecule has 6 N–H and O–H groups in total. The molecule has 0 bridgehead atoms. The number of nitrogens with two attached hydrogens (primary N) is 1. The Labute approximate surface area is 193 Å². The van der Waals surface area contributed by atoms with Crippen LogP contribution < -0.4 is 21.1 Å². The van der Waals surface area contributed by atoms with Gasteiger partial charge in [0.2, 0.25) is 10.0 Å². The molecule has 0 heterocycles. The molecule has 12 heteroatoms. The standard InChI is InChI=1S/C21H18F3N5O2S2/c22-17-8-9-18(23)19(24)16(17)11-27-33(30,31)15-6-4-13(5-7-15)28-21(32)29-14-3-1-2-12(10-14)20(25)26/h1-10,27H,11H2,(H3,25,26)(H2,28,29,32). The van der Waals surface area contributed by atoms with E-state index in [9.17, 15) is 21.6 Å². The third-order valence-corrected chi connectivity index (χ3v) is 6.05. The van der Waals surface area contributed by atoms with Crippen molar-refractivity contribution in [2.75, 3.05) is 10.6 Å². The maximum absolute atomic E-state index is 13.7. The molecule has 172 valence electrons. The van der Waals surface area contributed by atoms with Crippen LogP contribution >= 0.6 is 12.2 Å². The van der Waals surface area contributed by atoms with E-state index >= 15 is 0 Å². The van der Waals surface area contributed by atoms with Crippen molar-refractivity contribution in [3.05, 3.63) is 89.2 Å². The van der Waals surface area contributed by atoms with Crippen molar-refractivity contribution in [2.45, 2.75) is 11.4 Å². The second-order valence-corrected chi connectivity index (χ2v) is 8.92. The van der Waals surface area contributed by atoms with E-state index in [1.54, 1.807) is 24.3 Å². The number of sulfonamides is 1. The number of amidine groups is 1. The average Bonchev–Trinajstić information content (AvgIpc) is 2.77. The summed E-state index contributed by atoms with van der Waals surface area (Å²) in [6, 6.07) is 13.5. The average molecular weight is 494 g/mol. The molecule has 3 aromatic carbocycles. The number of hydrogen-bond acceptors (Lipinski definition) is 4. The van der Waals surface area contributed by atoms with Crippen molar-refractivity contribution >= 4 is 44.6 Å². The molecule has 0 radical (unpaired) electrons. The summed E-state index contributed by atoms with van der Waals surface area (Å²) >= 11 is 5.22. The number of hydrogen-bond donors (Lipinski definition) is 5. The molecular weight excluding hydrogens is 475 g/mol. The van der Waals surface area contributed by atoms with Crippen LogP contribution in [-0.4, -0.2) is 19.4 Å². The van der Waals surface area contributed by atoms with Gasteiger partial charge in [-0.05, 0) is 60.7 Å². The van der Waals surface area contributed by atoms with E-state index in [1.165, 1.54) is 24.3 Å². The molecule has 0 amide bonds. The molecular formula is C21H18F3N5O2S2. The summed E-state index contributed by atoms with van der Waals surface area (Å²) in [5, 5.41) is 13.5. The Morgan fingerprint density at radius 2 is 1.58 bits per heavy atom. The lowest BCUT2D eigenvalue weighted by Crippen LogP contribution is -2.24. The molecule has 0 atom stereocenters. The van der Waals surface area contributed by atoms with Crippen LogP contribution in [0, 0.1) is 22.9 Å². The largest absolute Gasteiger partial charge is 0.384 e. The number of halogens is 3. The van der Waals surface area contributed by atoms with Gasteiger partial charge in [-0.3, -0.25) is 5.41 Å². The minimum absolute atomic E-state index is 0.0918. The Hall–Kier alpha value is -3.48. The van der Waals surface area contributed by atoms with Crippen LogP contribution in [0.2, 0.25) is 0 Å². The van der Waals surface area contributed by atoms with Crippen molar-refractivity contribution in [1.29, 1.82) is 5.41 Å². The molecule has 33 heavy (non-hydrogen) atoms. The molecule has 0 unspecified atom stereocenters. The van der Waals surface area contributed by atoms with E-state index in [0.717, 1.165) is 6.07 Å². The van der Waals surface area contributed by atoms with Gasteiger partial charge in [-0.2, -0.15) is 0 Å². The van der Waals surface area contributed by atoms with Gasteiger partial charge in [-0.15, -0.1) is 0 Å². The van der Waals surface area contributed by atoms with E-state index in [-0.39, 0.29) is 15.8 Å². The molecule has 3 rings (SSSR count). The zero-order valence-electron chi connectivity index (χ0n) is 16.8. The molecule has 0 aliphatic rings. The van der Waals surface area contributed by atoms with Crippen LogP contribution in [0.4, 0.5) is 24.5 Å². The molecule has 0 spiro atoms. The molecule has 0 saturated heterocycles. The van der Waals surface area contributed by atoms with E-state index in [0.29, 0.717) is 23.0 Å². The third-order valence-electron chi connectivity index (χ3n) is 4.43. The van der Waals surface area contributed by atoms with Crippen LogP contribution in [0.1, 0.15) is 11.1 Å². The quantitative estimate of drug-likeness (QED) is 0.148. The number of nitrogen functional groups attached to an aromatic ring is 1. The molecule has 0 saturated carbocycles. The summed E-state index contributed by atoms with van der Waals surface area (Å²) in [5.74, 6) is -3.89. The first kappa shape index (κ1) is 24.2. The first-order valence-electron chi connectivity index (χ1n) is 9.31. The maximum Gasteiger partial charge on any atom is 0.240 e. The van der Waals surface area contributed by atoms with Gasteiger partial charge in [0.15, 0.2) is 16.7 Å². The van der Waals surface area contributed by atoms with Gasteiger partial charge < -0.3 is 16.4 Å². The molecule has 3 aromatic rings. The highest BCUT2D eigenvalue weighted by molar-refractivity contribution is 7.89. The lowest BCUT2D eigenvalue weighted by molar-refractivity contribution is 0.477. The van der Waals surface area contributed by atoms with Crippen LogP contribution in [0.3, 0.4) is 0 Å². The maximum atomic E-state index is 13.7. The van der Waals surface area contributed by atoms with E-state index in [1.807, 2.05) is 4.72 Å². The van der Waals surface area contributed by atoms with Crippen LogP contribution in [-0.2, 0) is 16.6 Å². The van der Waals surface area contributed by atoms with E-state index < -0.39 is 39.6 Å². The smallest absolute Gasteiger partial charge is 0.240 e. The predicted molar refractivity (Wildman–Crippen MR) is 124 cm³/mol. The second-order valence-electron chi connectivity index (χ2n) is 6.74. The highest BCUT2D eigenvalue weighted by atomic mass is 32.2. The van der Waals surface area contributed by atoms with Gasteiger partial charge in [0.25, 0.3) is 0 Å². The summed E-state index contributed by atoms with van der Waals surface area (Å²) in [7, 11) is -4.13. The van der Waals surface area contributed by atoms with Crippen LogP contribution in [0.25, 0.3) is 0 Å². The van der Waals surface area contributed by atoms with Gasteiger partial charge in [-0.1, -0.05) is 12.1 Å². The fraction of sp³-hybridized carbons (Fsp3) is 0.0476. The number of rotatable bonds is 7. The summed E-state index contributed by atoms with van der Waals surface area (Å²) in [4.78, 5) is -0.168. The van der Waals surface area contributed by atoms with Gasteiger partial charge in [0.1, 0.15) is 11.7 Å². The number of anilines is 2. The van der Waals surface area contributed by atoms with Gasteiger partial charge in [0.05, 0.1) is 4.90 Å². The topological polar surface area (TPSA) is 120 Å². The van der Waals surface area contributed by atoms with Gasteiger partial charge in [-0.25, -0.2) is 26.3 Å². The number of benzene rings is 3. The highest BCUT2D eigenvalue weighted by Crippen LogP contribution is 2.19. The molecule has 0 aliphatic carbocycles. The first-order chi connectivity index (χ1) is 15.6. The summed E-state index contributed by atoms with van der Waals surface area (Å²) < 4.78 is 67.7. The monoisotopic (exact) mass is 493 g/mol. The SMILES string of the molecule is N=C(N)c1cccc(NC(=S)Nc2ccc(S(=O)(=O)NCc3c(F)ccc(F)c3F)cc2)c1. The Bertz CT molecular complexity index is 1320. The second kappa shape index (κ2) is 9.98. The number of thiocarbonyl (C=S) groups is 1. The number of nitrogens with one attached hydrogen (secondary N) is 4. The minimum atomic E-state index is -4.13. The van der Waals surface area contributed by atoms with Crippen molar-refractivity contribution in [3.63, 3.8) is 0 Å². The lowest BCUT2D eigenvalue weighted by atomic mass is 10.2. The van der Waals surface area contributed by atoms with Crippen molar-refractivity contribution in [1.82, 2.24) is 4.72 Å². The van der Waals surface area contributed by atoms with Crippen molar-refractivity contribution < 1.29 is 21.6 Å². The summed E-state index contributed by atoms with van der Waals surface area (Å²) in [6.45, 7) is -0.759. The lowest BCUT2D eigenvalue weighted by Gasteiger charge is -2.12. The summed E-state index contributed by atoms with van der Waals surface area (Å²) in [6.07, 6.45) is 0. The Morgan fingerprint density at radius 1 is 0.939 bits per heavy atom. The van der Waals surface area contributed by atoms with E-state index in [2.05, 4.69) is 10.6 Å². The van der Waals surface area contributed by atoms with Gasteiger partial charge in [0, 0.05) is 29.0 Å². The zero-order chi connectivity index (χ0) is 24.2. The molecule has 0 aliphatic heterocycles. The molecule has 0 aromatic heterocycles. The molecule has 7 nitrogen and oxygen atoms in total. The zero-order valence-corrected chi connectivity index (χ0v) is 18.5. The fourth-order valence-corrected chi connectivity index (χ4v) is 3.99. The predicted octanol–water partition coefficient (Wildman–Crippen LogP) is 3.68. The minimum Gasteiger partial charge on any atom is -0.384 e. The summed E-state index contributed by atoms with van der Waals surface area (Å²) in [5.41, 5.74) is 6.32.